The van der Waals surface area contributed by atoms with Crippen LogP contribution in [0.15, 0.2) is 36.4 Å². The molecule has 30 heavy (non-hydrogen) atoms. The number of benzene rings is 1. The van der Waals surface area contributed by atoms with Crippen LogP contribution in [0.4, 0.5) is 29.5 Å². The number of aryl methyl sites for hydroxylation is 1. The van der Waals surface area contributed by atoms with Gasteiger partial charge in [0.25, 0.3) is 5.91 Å². The summed E-state index contributed by atoms with van der Waals surface area (Å²) in [6, 6.07) is 6.06. The molecule has 0 unspecified atom stereocenters. The van der Waals surface area contributed by atoms with Crippen LogP contribution in [0, 0.1) is 6.92 Å². The molecule has 9 heteroatoms. The Morgan fingerprint density at radius 1 is 1.27 bits per heavy atom. The van der Waals surface area contributed by atoms with Crippen molar-refractivity contribution in [1.82, 2.24) is 4.98 Å². The summed E-state index contributed by atoms with van der Waals surface area (Å²) in [6.07, 6.45) is -0.751. The standard InChI is InChI=1S/C21H18F3N3O3/c1-12-8-15(21(22,23)24)10-18(25-12)27-17(11-30-20(27)29)19(28)26(2)16-7-6-13-4-3-5-14(13)9-16/h3-4,6-10,17H,5,11H2,1-2H3/t17-/m0/s1. The number of allylic oxidation sites excluding steroid dienone is 1. The zero-order valence-electron chi connectivity index (χ0n) is 16.2. The number of cyclic esters (lactones) is 1. The lowest BCUT2D eigenvalue weighted by molar-refractivity contribution is -0.137. The maximum Gasteiger partial charge on any atom is 0.416 e. The summed E-state index contributed by atoms with van der Waals surface area (Å²) in [5.74, 6) is -0.752. The van der Waals surface area contributed by atoms with Gasteiger partial charge in [-0.05, 0) is 48.7 Å². The van der Waals surface area contributed by atoms with E-state index in [9.17, 15) is 22.8 Å². The van der Waals surface area contributed by atoms with Gasteiger partial charge in [-0.15, -0.1) is 0 Å². The van der Waals surface area contributed by atoms with Gasteiger partial charge in [-0.3, -0.25) is 4.79 Å². The highest BCUT2D eigenvalue weighted by Gasteiger charge is 2.43. The van der Waals surface area contributed by atoms with Crippen molar-refractivity contribution in [2.24, 2.45) is 0 Å². The molecule has 1 fully saturated rings. The van der Waals surface area contributed by atoms with Crippen LogP contribution in [0.2, 0.25) is 0 Å². The zero-order chi connectivity index (χ0) is 21.6. The highest BCUT2D eigenvalue weighted by Crippen LogP contribution is 2.33. The molecule has 1 saturated heterocycles. The van der Waals surface area contributed by atoms with E-state index >= 15 is 0 Å². The molecule has 4 rings (SSSR count). The number of carbonyl (C=O) groups excluding carboxylic acids is 2. The first-order valence-corrected chi connectivity index (χ1v) is 9.24. The average molecular weight is 417 g/mol. The number of amides is 2. The Hall–Kier alpha value is -3.36. The van der Waals surface area contributed by atoms with Crippen molar-refractivity contribution in [3.63, 3.8) is 0 Å². The van der Waals surface area contributed by atoms with E-state index in [0.717, 1.165) is 34.6 Å². The molecule has 2 amide bonds. The lowest BCUT2D eigenvalue weighted by Gasteiger charge is -2.26. The molecule has 2 heterocycles. The third-order valence-electron chi connectivity index (χ3n) is 5.15. The van der Waals surface area contributed by atoms with Gasteiger partial charge < -0.3 is 9.64 Å². The molecule has 0 radical (unpaired) electrons. The molecular formula is C21H18F3N3O3. The van der Waals surface area contributed by atoms with Gasteiger partial charge in [0.05, 0.1) is 5.56 Å². The smallest absolute Gasteiger partial charge is 0.416 e. The quantitative estimate of drug-likeness (QED) is 0.758. The van der Waals surface area contributed by atoms with Crippen molar-refractivity contribution in [2.75, 3.05) is 23.5 Å². The van der Waals surface area contributed by atoms with E-state index in [0.29, 0.717) is 5.69 Å². The number of likely N-dealkylation sites (N-methyl/N-ethyl adjacent to an activating group) is 1. The highest BCUT2D eigenvalue weighted by atomic mass is 19.4. The van der Waals surface area contributed by atoms with Crippen molar-refractivity contribution in [2.45, 2.75) is 25.6 Å². The summed E-state index contributed by atoms with van der Waals surface area (Å²) >= 11 is 0. The van der Waals surface area contributed by atoms with Gasteiger partial charge in [-0.1, -0.05) is 18.2 Å². The maximum atomic E-state index is 13.2. The summed E-state index contributed by atoms with van der Waals surface area (Å²) in [5.41, 5.74) is 1.89. The number of halogens is 3. The molecule has 1 aliphatic carbocycles. The Balaban J connectivity index is 1.65. The Bertz CT molecular complexity index is 1070. The molecular weight excluding hydrogens is 399 g/mol. The number of fused-ring (bicyclic) bond motifs is 1. The van der Waals surface area contributed by atoms with Crippen LogP contribution in [0.5, 0.6) is 0 Å². The minimum Gasteiger partial charge on any atom is -0.446 e. The molecule has 1 aliphatic heterocycles. The van der Waals surface area contributed by atoms with E-state index in [2.05, 4.69) is 4.98 Å². The normalized spacial score (nSPS) is 17.8. The number of pyridine rings is 1. The first kappa shape index (κ1) is 19.9. The fraction of sp³-hybridized carbons (Fsp3) is 0.286. The van der Waals surface area contributed by atoms with Crippen LogP contribution < -0.4 is 9.80 Å². The molecule has 2 aromatic rings. The van der Waals surface area contributed by atoms with Gasteiger partial charge >= 0.3 is 12.3 Å². The first-order valence-electron chi connectivity index (χ1n) is 9.24. The number of alkyl halides is 3. The molecule has 156 valence electrons. The van der Waals surface area contributed by atoms with Gasteiger partial charge in [0, 0.05) is 18.4 Å². The van der Waals surface area contributed by atoms with Crippen molar-refractivity contribution in [1.29, 1.82) is 0 Å². The summed E-state index contributed by atoms with van der Waals surface area (Å²) < 4.78 is 44.6. The maximum absolute atomic E-state index is 13.2. The molecule has 0 spiro atoms. The summed E-state index contributed by atoms with van der Waals surface area (Å²) in [4.78, 5) is 31.7. The van der Waals surface area contributed by atoms with Crippen LogP contribution in [-0.2, 0) is 22.1 Å². The van der Waals surface area contributed by atoms with Crippen LogP contribution in [0.25, 0.3) is 6.08 Å². The number of hydrogen-bond donors (Lipinski definition) is 0. The zero-order valence-corrected chi connectivity index (χ0v) is 16.2. The van der Waals surface area contributed by atoms with Gasteiger partial charge in [-0.25, -0.2) is 14.7 Å². The topological polar surface area (TPSA) is 62.7 Å². The SMILES string of the molecule is Cc1cc(C(F)(F)F)cc(N2C(=O)OC[C@H]2C(=O)N(C)c2ccc3c(c2)CC=C3)n1. The van der Waals surface area contributed by atoms with E-state index in [1.807, 2.05) is 24.3 Å². The van der Waals surface area contributed by atoms with Gasteiger partial charge in [0.1, 0.15) is 12.4 Å². The Morgan fingerprint density at radius 2 is 2.03 bits per heavy atom. The van der Waals surface area contributed by atoms with Crippen LogP contribution >= 0.6 is 0 Å². The number of aromatic nitrogens is 1. The molecule has 1 aromatic heterocycles. The average Bonchev–Trinajstić information content (AvgIpc) is 3.31. The van der Waals surface area contributed by atoms with Crippen LogP contribution in [0.3, 0.4) is 0 Å². The Morgan fingerprint density at radius 3 is 2.77 bits per heavy atom. The van der Waals surface area contributed by atoms with Crippen molar-refractivity contribution >= 4 is 29.6 Å². The molecule has 2 aliphatic rings. The Labute approximate surface area is 170 Å². The van der Waals surface area contributed by atoms with Crippen LogP contribution in [-0.4, -0.2) is 36.7 Å². The van der Waals surface area contributed by atoms with E-state index in [4.69, 9.17) is 4.74 Å². The van der Waals surface area contributed by atoms with E-state index in [1.165, 1.54) is 11.8 Å². The molecule has 1 atom stereocenters. The minimum atomic E-state index is -4.61. The van der Waals surface area contributed by atoms with Gasteiger partial charge in [0.15, 0.2) is 6.04 Å². The van der Waals surface area contributed by atoms with E-state index < -0.39 is 29.8 Å². The second-order valence-corrected chi connectivity index (χ2v) is 7.20. The van der Waals surface area contributed by atoms with Crippen molar-refractivity contribution in [3.05, 3.63) is 58.8 Å². The Kier molecular flexibility index (Phi) is 4.76. The number of rotatable bonds is 3. The number of ether oxygens (including phenoxy) is 1. The largest absolute Gasteiger partial charge is 0.446 e. The molecule has 0 N–H and O–H groups in total. The second-order valence-electron chi connectivity index (χ2n) is 7.20. The van der Waals surface area contributed by atoms with Crippen molar-refractivity contribution in [3.8, 4) is 0 Å². The molecule has 1 aromatic carbocycles. The van der Waals surface area contributed by atoms with Crippen molar-refractivity contribution < 1.29 is 27.5 Å². The van der Waals surface area contributed by atoms with Gasteiger partial charge in [0.2, 0.25) is 0 Å². The van der Waals surface area contributed by atoms with E-state index in [-0.39, 0.29) is 18.1 Å². The lowest BCUT2D eigenvalue weighted by Crippen LogP contribution is -2.47. The third-order valence-corrected chi connectivity index (χ3v) is 5.15. The van der Waals surface area contributed by atoms with E-state index in [1.54, 1.807) is 13.1 Å². The fourth-order valence-corrected chi connectivity index (χ4v) is 3.60. The van der Waals surface area contributed by atoms with Crippen LogP contribution in [0.1, 0.15) is 22.4 Å². The fourth-order valence-electron chi connectivity index (χ4n) is 3.60. The second kappa shape index (κ2) is 7.16. The number of anilines is 2. The monoisotopic (exact) mass is 417 g/mol. The molecule has 6 nitrogen and oxygen atoms in total. The summed E-state index contributed by atoms with van der Waals surface area (Å²) in [7, 11) is 1.55. The predicted molar refractivity (Wildman–Crippen MR) is 104 cm³/mol. The summed E-state index contributed by atoms with van der Waals surface area (Å²) in [5, 5.41) is 0. The number of nitrogens with zero attached hydrogens (tertiary/aromatic N) is 3. The molecule has 0 bridgehead atoms. The lowest BCUT2D eigenvalue weighted by atomic mass is 10.1. The summed E-state index contributed by atoms with van der Waals surface area (Å²) in [6.45, 7) is 1.12. The van der Waals surface area contributed by atoms with Gasteiger partial charge in [-0.2, -0.15) is 13.2 Å². The number of carbonyl (C=O) groups is 2. The first-order chi connectivity index (χ1) is 14.1. The minimum absolute atomic E-state index is 0.0743. The highest BCUT2D eigenvalue weighted by molar-refractivity contribution is 6.05. The third kappa shape index (κ3) is 3.51. The predicted octanol–water partition coefficient (Wildman–Crippen LogP) is 3.97. The number of hydrogen-bond acceptors (Lipinski definition) is 4. The molecule has 0 saturated carbocycles.